The summed E-state index contributed by atoms with van der Waals surface area (Å²) in [6.07, 6.45) is 2.79. The molecule has 1 aromatic carbocycles. The van der Waals surface area contributed by atoms with Crippen LogP contribution in [0.5, 0.6) is 0 Å². The molecule has 0 atom stereocenters. The minimum atomic E-state index is 0.604. The van der Waals surface area contributed by atoms with Gasteiger partial charge in [0.25, 0.3) is 0 Å². The number of hydrogen-bond acceptors (Lipinski definition) is 1. The van der Waals surface area contributed by atoms with E-state index in [-0.39, 0.29) is 0 Å². The summed E-state index contributed by atoms with van der Waals surface area (Å²) in [5, 5.41) is 1.21. The summed E-state index contributed by atoms with van der Waals surface area (Å²) < 4.78 is 2.59. The van der Waals surface area contributed by atoms with E-state index in [0.717, 1.165) is 17.8 Å². The Balaban J connectivity index is 2.66. The van der Waals surface area contributed by atoms with Gasteiger partial charge in [-0.2, -0.15) is 0 Å². The summed E-state index contributed by atoms with van der Waals surface area (Å²) in [6, 6.07) is 5.39. The van der Waals surface area contributed by atoms with Crippen molar-refractivity contribution in [2.24, 2.45) is 0 Å². The fraction of sp³-hybridized carbons (Fsp3) is 0.182. The van der Waals surface area contributed by atoms with Crippen molar-refractivity contribution in [3.63, 3.8) is 0 Å². The highest BCUT2D eigenvalue weighted by atomic mass is 35.5. The first-order valence-electron chi connectivity index (χ1n) is 4.87. The Kier molecular flexibility index (Phi) is 3.38. The standard InChI is InChI=1S/C11H10Cl2N2S/c1-2-9-6-14-11(16)15(9)10-4-7(12)3-8(13)5-10/h3-6H,2H2,1H3,(H,14,16). The van der Waals surface area contributed by atoms with Crippen LogP contribution in [0.25, 0.3) is 5.69 Å². The van der Waals surface area contributed by atoms with E-state index in [1.807, 2.05) is 22.9 Å². The highest BCUT2D eigenvalue weighted by Crippen LogP contribution is 2.23. The zero-order valence-corrected chi connectivity index (χ0v) is 11.0. The Morgan fingerprint density at radius 1 is 1.25 bits per heavy atom. The summed E-state index contributed by atoms with van der Waals surface area (Å²) in [4.78, 5) is 3.02. The molecule has 0 saturated carbocycles. The van der Waals surface area contributed by atoms with Gasteiger partial charge in [0, 0.05) is 21.9 Å². The number of benzene rings is 1. The molecule has 0 aliphatic carbocycles. The second kappa shape index (κ2) is 4.62. The smallest absolute Gasteiger partial charge is 0.182 e. The molecule has 0 saturated heterocycles. The molecule has 0 radical (unpaired) electrons. The highest BCUT2D eigenvalue weighted by Gasteiger charge is 2.06. The van der Waals surface area contributed by atoms with Gasteiger partial charge in [-0.15, -0.1) is 0 Å². The molecule has 84 valence electrons. The van der Waals surface area contributed by atoms with Crippen LogP contribution in [0.3, 0.4) is 0 Å². The molecular weight excluding hydrogens is 263 g/mol. The van der Waals surface area contributed by atoms with E-state index < -0.39 is 0 Å². The van der Waals surface area contributed by atoms with Crippen molar-refractivity contribution in [1.82, 2.24) is 9.55 Å². The van der Waals surface area contributed by atoms with Crippen LogP contribution in [0.1, 0.15) is 12.6 Å². The first-order chi connectivity index (χ1) is 7.61. The highest BCUT2D eigenvalue weighted by molar-refractivity contribution is 7.71. The van der Waals surface area contributed by atoms with Crippen molar-refractivity contribution in [3.05, 3.63) is 44.9 Å². The Labute approximate surface area is 109 Å². The van der Waals surface area contributed by atoms with E-state index in [0.29, 0.717) is 14.8 Å². The first kappa shape index (κ1) is 11.7. The molecule has 2 nitrogen and oxygen atoms in total. The third-order valence-electron chi connectivity index (χ3n) is 2.32. The molecule has 5 heteroatoms. The molecule has 0 unspecified atom stereocenters. The summed E-state index contributed by atoms with van der Waals surface area (Å²) >= 11 is 17.2. The zero-order valence-electron chi connectivity index (χ0n) is 8.63. The molecule has 1 N–H and O–H groups in total. The maximum atomic E-state index is 5.97. The van der Waals surface area contributed by atoms with Crippen LogP contribution in [0.15, 0.2) is 24.4 Å². The van der Waals surface area contributed by atoms with Crippen molar-refractivity contribution >= 4 is 35.4 Å². The number of nitrogens with zero attached hydrogens (tertiary/aromatic N) is 1. The van der Waals surface area contributed by atoms with Gasteiger partial charge in [-0.25, -0.2) is 0 Å². The van der Waals surface area contributed by atoms with Gasteiger partial charge in [0.05, 0.1) is 5.69 Å². The van der Waals surface area contributed by atoms with Crippen molar-refractivity contribution in [1.29, 1.82) is 0 Å². The molecule has 16 heavy (non-hydrogen) atoms. The van der Waals surface area contributed by atoms with Crippen molar-refractivity contribution in [3.8, 4) is 5.69 Å². The molecular formula is C11H10Cl2N2S. The lowest BCUT2D eigenvalue weighted by atomic mass is 10.3. The first-order valence-corrected chi connectivity index (χ1v) is 6.04. The van der Waals surface area contributed by atoms with Gasteiger partial charge < -0.3 is 4.98 Å². The van der Waals surface area contributed by atoms with E-state index in [4.69, 9.17) is 35.4 Å². The second-order valence-corrected chi connectivity index (χ2v) is 4.66. The number of nitrogens with one attached hydrogen (secondary N) is 1. The van der Waals surface area contributed by atoms with Gasteiger partial charge in [-0.1, -0.05) is 30.1 Å². The second-order valence-electron chi connectivity index (χ2n) is 3.40. The van der Waals surface area contributed by atoms with Crippen LogP contribution in [0.2, 0.25) is 10.0 Å². The minimum Gasteiger partial charge on any atom is -0.337 e. The lowest BCUT2D eigenvalue weighted by Crippen LogP contribution is -1.99. The van der Waals surface area contributed by atoms with Crippen LogP contribution >= 0.6 is 35.4 Å². The number of hydrogen-bond donors (Lipinski definition) is 1. The van der Waals surface area contributed by atoms with Gasteiger partial charge in [0.2, 0.25) is 0 Å². The van der Waals surface area contributed by atoms with Gasteiger partial charge in [-0.05, 0) is 36.8 Å². The van der Waals surface area contributed by atoms with E-state index in [1.165, 1.54) is 0 Å². The zero-order chi connectivity index (χ0) is 11.7. The molecule has 0 amide bonds. The predicted molar refractivity (Wildman–Crippen MR) is 70.4 cm³/mol. The summed E-state index contributed by atoms with van der Waals surface area (Å²) in [5.41, 5.74) is 1.99. The molecule has 0 aliphatic rings. The lowest BCUT2D eigenvalue weighted by molar-refractivity contribution is 0.922. The van der Waals surface area contributed by atoms with Crippen LogP contribution in [0, 0.1) is 4.77 Å². The topological polar surface area (TPSA) is 20.7 Å². The summed E-state index contributed by atoms with van der Waals surface area (Å²) in [5.74, 6) is 0. The Hall–Kier alpha value is -0.770. The Morgan fingerprint density at radius 2 is 1.88 bits per heavy atom. The molecule has 0 bridgehead atoms. The maximum Gasteiger partial charge on any atom is 0.182 e. The van der Waals surface area contributed by atoms with Crippen molar-refractivity contribution < 1.29 is 0 Å². The summed E-state index contributed by atoms with van der Waals surface area (Å²) in [7, 11) is 0. The van der Waals surface area contributed by atoms with Gasteiger partial charge in [0.1, 0.15) is 0 Å². The van der Waals surface area contributed by atoms with E-state index in [2.05, 4.69) is 11.9 Å². The molecule has 1 aromatic heterocycles. The van der Waals surface area contributed by atoms with Gasteiger partial charge in [0.15, 0.2) is 4.77 Å². The number of imidazole rings is 1. The van der Waals surface area contributed by atoms with Crippen molar-refractivity contribution in [2.75, 3.05) is 0 Å². The molecule has 2 rings (SSSR count). The van der Waals surface area contributed by atoms with E-state index in [1.54, 1.807) is 6.07 Å². The molecule has 0 fully saturated rings. The average Bonchev–Trinajstić information content (AvgIpc) is 2.58. The quantitative estimate of drug-likeness (QED) is 0.804. The monoisotopic (exact) mass is 272 g/mol. The fourth-order valence-corrected chi connectivity index (χ4v) is 2.41. The maximum absolute atomic E-state index is 5.97. The summed E-state index contributed by atoms with van der Waals surface area (Å²) in [6.45, 7) is 2.07. The molecule has 1 heterocycles. The van der Waals surface area contributed by atoms with E-state index in [9.17, 15) is 0 Å². The largest absolute Gasteiger partial charge is 0.337 e. The third-order valence-corrected chi connectivity index (χ3v) is 3.06. The number of rotatable bonds is 2. The van der Waals surface area contributed by atoms with Crippen LogP contribution in [-0.4, -0.2) is 9.55 Å². The third kappa shape index (κ3) is 2.17. The van der Waals surface area contributed by atoms with Gasteiger partial charge in [-0.3, -0.25) is 4.57 Å². The van der Waals surface area contributed by atoms with Crippen LogP contribution < -0.4 is 0 Å². The van der Waals surface area contributed by atoms with Crippen LogP contribution in [0.4, 0.5) is 0 Å². The fourth-order valence-electron chi connectivity index (χ4n) is 1.62. The molecule has 0 aliphatic heterocycles. The SMILES string of the molecule is CCc1c[nH]c(=S)n1-c1cc(Cl)cc(Cl)c1. The molecule has 2 aromatic rings. The number of aromatic nitrogens is 2. The lowest BCUT2D eigenvalue weighted by Gasteiger charge is -2.07. The Bertz CT molecular complexity index is 551. The predicted octanol–water partition coefficient (Wildman–Crippen LogP) is 4.40. The Morgan fingerprint density at radius 3 is 2.44 bits per heavy atom. The number of aryl methyl sites for hydroxylation is 1. The van der Waals surface area contributed by atoms with E-state index >= 15 is 0 Å². The minimum absolute atomic E-state index is 0.604. The number of H-pyrrole nitrogens is 1. The normalized spacial score (nSPS) is 10.7. The average molecular weight is 273 g/mol. The van der Waals surface area contributed by atoms with Crippen LogP contribution in [-0.2, 0) is 6.42 Å². The molecule has 0 spiro atoms. The van der Waals surface area contributed by atoms with Crippen molar-refractivity contribution in [2.45, 2.75) is 13.3 Å². The number of halogens is 2. The number of aromatic amines is 1. The van der Waals surface area contributed by atoms with Gasteiger partial charge >= 0.3 is 0 Å².